The van der Waals surface area contributed by atoms with Gasteiger partial charge in [0.2, 0.25) is 0 Å². The highest BCUT2D eigenvalue weighted by Crippen LogP contribution is 2.15. The molecular formula is C16H15ClFNO. The Morgan fingerprint density at radius 1 is 1.20 bits per heavy atom. The molecule has 1 N–H and O–H groups in total. The number of carbonyl (C=O) groups excluding carboxylic acids is 1. The molecule has 0 radical (unpaired) electrons. The van der Waals surface area contributed by atoms with Crippen molar-refractivity contribution in [1.82, 2.24) is 0 Å². The Morgan fingerprint density at radius 3 is 2.55 bits per heavy atom. The summed E-state index contributed by atoms with van der Waals surface area (Å²) in [5.41, 5.74) is 2.13. The van der Waals surface area contributed by atoms with E-state index in [0.29, 0.717) is 22.8 Å². The predicted molar refractivity (Wildman–Crippen MR) is 80.1 cm³/mol. The lowest BCUT2D eigenvalue weighted by molar-refractivity contribution is 0.101. The van der Waals surface area contributed by atoms with Crippen LogP contribution in [0.4, 0.5) is 10.1 Å². The van der Waals surface area contributed by atoms with Gasteiger partial charge < -0.3 is 5.32 Å². The first-order chi connectivity index (χ1) is 9.54. The van der Waals surface area contributed by atoms with E-state index in [4.69, 9.17) is 11.6 Å². The van der Waals surface area contributed by atoms with Gasteiger partial charge in [-0.15, -0.1) is 0 Å². The van der Waals surface area contributed by atoms with Crippen molar-refractivity contribution in [1.29, 1.82) is 0 Å². The van der Waals surface area contributed by atoms with Crippen molar-refractivity contribution in [2.45, 2.75) is 13.3 Å². The van der Waals surface area contributed by atoms with Gasteiger partial charge in [-0.05, 0) is 49.2 Å². The van der Waals surface area contributed by atoms with Crippen LogP contribution in [-0.2, 0) is 6.42 Å². The van der Waals surface area contributed by atoms with Gasteiger partial charge in [0.25, 0.3) is 0 Å². The molecule has 4 heteroatoms. The molecular weight excluding hydrogens is 277 g/mol. The second-order valence-corrected chi connectivity index (χ2v) is 5.02. The maximum Gasteiger partial charge on any atom is 0.159 e. The first-order valence-electron chi connectivity index (χ1n) is 6.34. The summed E-state index contributed by atoms with van der Waals surface area (Å²) in [7, 11) is 0. The summed E-state index contributed by atoms with van der Waals surface area (Å²) in [6, 6.07) is 11.9. The van der Waals surface area contributed by atoms with E-state index in [1.54, 1.807) is 6.07 Å². The van der Waals surface area contributed by atoms with Crippen molar-refractivity contribution in [3.63, 3.8) is 0 Å². The standard InChI is InChI=1S/C16H15ClFNO/c1-11(20)13-8-15(18)10-16(9-13)19-7-6-12-2-4-14(17)5-3-12/h2-5,8-10,19H,6-7H2,1H3. The Kier molecular flexibility index (Phi) is 4.74. The summed E-state index contributed by atoms with van der Waals surface area (Å²) in [5, 5.41) is 3.83. The van der Waals surface area contributed by atoms with E-state index >= 15 is 0 Å². The Balaban J connectivity index is 1.97. The van der Waals surface area contributed by atoms with Crippen molar-refractivity contribution < 1.29 is 9.18 Å². The number of hydrogen-bond acceptors (Lipinski definition) is 2. The molecule has 104 valence electrons. The molecule has 0 bridgehead atoms. The Hall–Kier alpha value is -1.87. The van der Waals surface area contributed by atoms with Crippen LogP contribution in [0.3, 0.4) is 0 Å². The van der Waals surface area contributed by atoms with Gasteiger partial charge in [0.05, 0.1) is 0 Å². The van der Waals surface area contributed by atoms with E-state index in [9.17, 15) is 9.18 Å². The molecule has 0 amide bonds. The minimum Gasteiger partial charge on any atom is -0.385 e. The molecule has 0 atom stereocenters. The zero-order valence-electron chi connectivity index (χ0n) is 11.1. The van der Waals surface area contributed by atoms with Crippen LogP contribution in [0.1, 0.15) is 22.8 Å². The van der Waals surface area contributed by atoms with E-state index in [1.165, 1.54) is 19.1 Å². The third-order valence-corrected chi connectivity index (χ3v) is 3.21. The van der Waals surface area contributed by atoms with Gasteiger partial charge in [-0.25, -0.2) is 4.39 Å². The number of benzene rings is 2. The third kappa shape index (κ3) is 4.07. The lowest BCUT2D eigenvalue weighted by Crippen LogP contribution is -2.06. The van der Waals surface area contributed by atoms with Gasteiger partial charge in [0.15, 0.2) is 5.78 Å². The van der Waals surface area contributed by atoms with E-state index in [-0.39, 0.29) is 5.78 Å². The average molecular weight is 292 g/mol. The first-order valence-corrected chi connectivity index (χ1v) is 6.72. The minimum atomic E-state index is -0.410. The second-order valence-electron chi connectivity index (χ2n) is 4.59. The summed E-state index contributed by atoms with van der Waals surface area (Å²) >= 11 is 5.82. The van der Waals surface area contributed by atoms with Crippen molar-refractivity contribution in [3.8, 4) is 0 Å². The molecule has 0 aliphatic rings. The molecule has 2 aromatic rings. The van der Waals surface area contributed by atoms with Crippen molar-refractivity contribution in [3.05, 3.63) is 64.4 Å². The van der Waals surface area contributed by atoms with Gasteiger partial charge >= 0.3 is 0 Å². The largest absolute Gasteiger partial charge is 0.385 e. The summed E-state index contributed by atoms with van der Waals surface area (Å²) in [6.45, 7) is 2.08. The maximum atomic E-state index is 13.4. The quantitative estimate of drug-likeness (QED) is 0.831. The van der Waals surface area contributed by atoms with Crippen LogP contribution in [0.5, 0.6) is 0 Å². The molecule has 2 aromatic carbocycles. The summed E-state index contributed by atoms with van der Waals surface area (Å²) in [4.78, 5) is 11.3. The Labute approximate surface area is 122 Å². The SMILES string of the molecule is CC(=O)c1cc(F)cc(NCCc2ccc(Cl)cc2)c1. The predicted octanol–water partition coefficient (Wildman–Crippen LogP) is 4.34. The van der Waals surface area contributed by atoms with Crippen molar-refractivity contribution in [2.24, 2.45) is 0 Å². The van der Waals surface area contributed by atoms with E-state index in [0.717, 1.165) is 12.0 Å². The third-order valence-electron chi connectivity index (χ3n) is 2.96. The number of nitrogens with one attached hydrogen (secondary N) is 1. The monoisotopic (exact) mass is 291 g/mol. The fourth-order valence-electron chi connectivity index (χ4n) is 1.90. The zero-order chi connectivity index (χ0) is 14.5. The highest BCUT2D eigenvalue weighted by Gasteiger charge is 2.04. The van der Waals surface area contributed by atoms with Crippen LogP contribution in [0.25, 0.3) is 0 Å². The number of rotatable bonds is 5. The maximum absolute atomic E-state index is 13.4. The summed E-state index contributed by atoms with van der Waals surface area (Å²) < 4.78 is 13.4. The number of hydrogen-bond donors (Lipinski definition) is 1. The molecule has 0 saturated heterocycles. The highest BCUT2D eigenvalue weighted by molar-refractivity contribution is 6.30. The molecule has 0 saturated carbocycles. The summed E-state index contributed by atoms with van der Waals surface area (Å²) in [5.74, 6) is -0.558. The highest BCUT2D eigenvalue weighted by atomic mass is 35.5. The zero-order valence-corrected chi connectivity index (χ0v) is 11.9. The van der Waals surface area contributed by atoms with Gasteiger partial charge in [-0.2, -0.15) is 0 Å². The van der Waals surface area contributed by atoms with Gasteiger partial charge in [-0.3, -0.25) is 4.79 Å². The summed E-state index contributed by atoms with van der Waals surface area (Å²) in [6.07, 6.45) is 0.795. The Morgan fingerprint density at radius 2 is 1.90 bits per heavy atom. The van der Waals surface area contributed by atoms with Gasteiger partial charge in [0, 0.05) is 22.8 Å². The fraction of sp³-hybridized carbons (Fsp3) is 0.188. The van der Waals surface area contributed by atoms with E-state index in [1.807, 2.05) is 24.3 Å². The number of carbonyl (C=O) groups is 1. The van der Waals surface area contributed by atoms with Gasteiger partial charge in [0.1, 0.15) is 5.82 Å². The average Bonchev–Trinajstić information content (AvgIpc) is 2.40. The van der Waals surface area contributed by atoms with E-state index in [2.05, 4.69) is 5.32 Å². The fourth-order valence-corrected chi connectivity index (χ4v) is 2.02. The van der Waals surface area contributed by atoms with Crippen LogP contribution in [-0.4, -0.2) is 12.3 Å². The molecule has 0 heterocycles. The van der Waals surface area contributed by atoms with Crippen LogP contribution < -0.4 is 5.32 Å². The first kappa shape index (κ1) is 14.5. The molecule has 20 heavy (non-hydrogen) atoms. The van der Waals surface area contributed by atoms with Crippen LogP contribution in [0.15, 0.2) is 42.5 Å². The molecule has 0 unspecified atom stereocenters. The van der Waals surface area contributed by atoms with Gasteiger partial charge in [-0.1, -0.05) is 23.7 Å². The molecule has 0 aromatic heterocycles. The van der Waals surface area contributed by atoms with Crippen molar-refractivity contribution in [2.75, 3.05) is 11.9 Å². The van der Waals surface area contributed by atoms with Crippen LogP contribution in [0.2, 0.25) is 5.02 Å². The number of anilines is 1. The molecule has 0 spiro atoms. The molecule has 0 aliphatic heterocycles. The molecule has 2 nitrogen and oxygen atoms in total. The topological polar surface area (TPSA) is 29.1 Å². The number of Topliss-reactive ketones (excluding diaryl/α,β-unsaturated/α-hetero) is 1. The molecule has 2 rings (SSSR count). The lowest BCUT2D eigenvalue weighted by atomic mass is 10.1. The number of halogens is 2. The Bertz CT molecular complexity index is 610. The second kappa shape index (κ2) is 6.53. The molecule has 0 aliphatic carbocycles. The lowest BCUT2D eigenvalue weighted by Gasteiger charge is -2.08. The van der Waals surface area contributed by atoms with Crippen LogP contribution in [0, 0.1) is 5.82 Å². The normalized spacial score (nSPS) is 10.3. The molecule has 0 fully saturated rings. The smallest absolute Gasteiger partial charge is 0.159 e. The van der Waals surface area contributed by atoms with Crippen molar-refractivity contribution >= 4 is 23.1 Å². The van der Waals surface area contributed by atoms with Crippen LogP contribution >= 0.6 is 11.6 Å². The van der Waals surface area contributed by atoms with E-state index < -0.39 is 5.82 Å². The number of ketones is 1. The minimum absolute atomic E-state index is 0.148.